The summed E-state index contributed by atoms with van der Waals surface area (Å²) in [6.07, 6.45) is 1.42. The maximum atomic E-state index is 11.4. The Morgan fingerprint density at radius 2 is 1.81 bits per heavy atom. The Labute approximate surface area is 130 Å². The summed E-state index contributed by atoms with van der Waals surface area (Å²) in [6, 6.07) is 12.3. The van der Waals surface area contributed by atoms with Gasteiger partial charge in [0.05, 0.1) is 13.5 Å². The number of hydrogen-bond acceptors (Lipinski definition) is 4. The molecule has 0 unspecified atom stereocenters. The highest BCUT2D eigenvalue weighted by atomic mass is 32.1. The van der Waals surface area contributed by atoms with Crippen molar-refractivity contribution in [3.05, 3.63) is 57.3 Å². The topological polar surface area (TPSA) is 38.3 Å². The van der Waals surface area contributed by atoms with Gasteiger partial charge in [-0.2, -0.15) is 0 Å². The van der Waals surface area contributed by atoms with Gasteiger partial charge in [-0.25, -0.2) is 0 Å². The van der Waals surface area contributed by atoms with Crippen molar-refractivity contribution in [1.82, 2.24) is 5.32 Å². The molecule has 0 saturated heterocycles. The third-order valence-electron chi connectivity index (χ3n) is 3.36. The highest BCUT2D eigenvalue weighted by Gasteiger charge is 2.07. The minimum absolute atomic E-state index is 0.201. The van der Waals surface area contributed by atoms with Gasteiger partial charge in [0.15, 0.2) is 0 Å². The zero-order valence-electron chi connectivity index (χ0n) is 12.5. The Kier molecular flexibility index (Phi) is 5.96. The van der Waals surface area contributed by atoms with Crippen molar-refractivity contribution in [2.24, 2.45) is 0 Å². The molecule has 1 heterocycles. The minimum Gasteiger partial charge on any atom is -0.469 e. The molecule has 1 N–H and O–H groups in total. The monoisotopic (exact) mass is 303 g/mol. The number of ether oxygens (including phenoxy) is 1. The van der Waals surface area contributed by atoms with E-state index >= 15 is 0 Å². The lowest BCUT2D eigenvalue weighted by atomic mass is 10.0. The average molecular weight is 303 g/mol. The molecule has 21 heavy (non-hydrogen) atoms. The molecule has 0 atom stereocenters. The molecule has 0 fully saturated rings. The number of carbonyl (C=O) groups is 1. The van der Waals surface area contributed by atoms with Gasteiger partial charge in [0.25, 0.3) is 0 Å². The van der Waals surface area contributed by atoms with Gasteiger partial charge in [-0.3, -0.25) is 4.79 Å². The molecular formula is C17H21NO2S. The van der Waals surface area contributed by atoms with E-state index in [1.165, 1.54) is 16.9 Å². The number of rotatable bonds is 7. The van der Waals surface area contributed by atoms with Gasteiger partial charge >= 0.3 is 5.97 Å². The molecule has 0 radical (unpaired) electrons. The summed E-state index contributed by atoms with van der Waals surface area (Å²) < 4.78 is 4.74. The van der Waals surface area contributed by atoms with Crippen molar-refractivity contribution in [1.29, 1.82) is 0 Å². The molecule has 0 bridgehead atoms. The lowest BCUT2D eigenvalue weighted by Gasteiger charge is -2.09. The van der Waals surface area contributed by atoms with Crippen LogP contribution in [0.5, 0.6) is 0 Å². The second-order valence-corrected chi connectivity index (χ2v) is 6.10. The number of esters is 1. The molecule has 2 aromatic rings. The average Bonchev–Trinajstić information content (AvgIpc) is 2.97. The van der Waals surface area contributed by atoms with Crippen LogP contribution in [0.3, 0.4) is 0 Å². The highest BCUT2D eigenvalue weighted by molar-refractivity contribution is 7.11. The van der Waals surface area contributed by atoms with Gasteiger partial charge in [0.2, 0.25) is 0 Å². The Morgan fingerprint density at radius 1 is 1.10 bits per heavy atom. The van der Waals surface area contributed by atoms with E-state index in [-0.39, 0.29) is 5.97 Å². The van der Waals surface area contributed by atoms with Crippen molar-refractivity contribution < 1.29 is 9.53 Å². The molecule has 3 nitrogen and oxygen atoms in total. The first-order valence-corrected chi connectivity index (χ1v) is 7.96. The third-order valence-corrected chi connectivity index (χ3v) is 4.59. The summed E-state index contributed by atoms with van der Waals surface area (Å²) in [5.74, 6) is -0.201. The maximum absolute atomic E-state index is 11.4. The number of aryl methyl sites for hydroxylation is 1. The molecule has 1 aromatic carbocycles. The van der Waals surface area contributed by atoms with Gasteiger partial charge in [0, 0.05) is 22.8 Å². The molecule has 0 aliphatic rings. The van der Waals surface area contributed by atoms with E-state index < -0.39 is 0 Å². The van der Waals surface area contributed by atoms with Crippen LogP contribution in [0.15, 0.2) is 36.4 Å². The molecule has 0 aliphatic heterocycles. The fourth-order valence-corrected chi connectivity index (χ4v) is 3.09. The lowest BCUT2D eigenvalue weighted by Crippen LogP contribution is -2.15. The number of carbonyl (C=O) groups excluding carboxylic acids is 1. The van der Waals surface area contributed by atoms with Crippen molar-refractivity contribution in [2.75, 3.05) is 7.11 Å². The van der Waals surface area contributed by atoms with Crippen LogP contribution < -0.4 is 5.32 Å². The van der Waals surface area contributed by atoms with Gasteiger partial charge in [-0.1, -0.05) is 31.2 Å². The quantitative estimate of drug-likeness (QED) is 0.798. The van der Waals surface area contributed by atoms with E-state index in [1.807, 2.05) is 29.5 Å². The predicted molar refractivity (Wildman–Crippen MR) is 86.4 cm³/mol. The molecule has 0 aliphatic carbocycles. The van der Waals surface area contributed by atoms with Crippen molar-refractivity contribution in [3.63, 3.8) is 0 Å². The van der Waals surface area contributed by atoms with E-state index in [1.54, 1.807) is 0 Å². The Balaban J connectivity index is 1.92. The second kappa shape index (κ2) is 7.96. The van der Waals surface area contributed by atoms with Gasteiger partial charge in [-0.15, -0.1) is 11.3 Å². The molecule has 112 valence electrons. The van der Waals surface area contributed by atoms with E-state index in [0.29, 0.717) is 6.42 Å². The summed E-state index contributed by atoms with van der Waals surface area (Å²) in [5, 5.41) is 3.45. The maximum Gasteiger partial charge on any atom is 0.309 e. The highest BCUT2D eigenvalue weighted by Crippen LogP contribution is 2.17. The fourth-order valence-electron chi connectivity index (χ4n) is 2.16. The van der Waals surface area contributed by atoms with Crippen LogP contribution in [0.1, 0.15) is 27.8 Å². The summed E-state index contributed by atoms with van der Waals surface area (Å²) >= 11 is 1.85. The van der Waals surface area contributed by atoms with Gasteiger partial charge < -0.3 is 10.1 Å². The number of methoxy groups -OCH3 is 1. The lowest BCUT2D eigenvalue weighted by molar-refractivity contribution is -0.139. The van der Waals surface area contributed by atoms with Crippen molar-refractivity contribution >= 4 is 17.3 Å². The van der Waals surface area contributed by atoms with Crippen LogP contribution in [0.25, 0.3) is 0 Å². The van der Waals surface area contributed by atoms with Crippen LogP contribution in [0, 0.1) is 0 Å². The van der Waals surface area contributed by atoms with Crippen molar-refractivity contribution in [3.8, 4) is 0 Å². The number of nitrogens with one attached hydrogen (secondary N) is 1. The molecule has 0 amide bonds. The number of hydrogen-bond donors (Lipinski definition) is 1. The third kappa shape index (κ3) is 4.69. The zero-order chi connectivity index (χ0) is 15.1. The summed E-state index contributed by atoms with van der Waals surface area (Å²) in [6.45, 7) is 3.79. The van der Waals surface area contributed by atoms with Gasteiger partial charge in [0.1, 0.15) is 0 Å². The zero-order valence-corrected chi connectivity index (χ0v) is 13.3. The second-order valence-electron chi connectivity index (χ2n) is 4.85. The molecule has 4 heteroatoms. The first kappa shape index (κ1) is 15.7. The van der Waals surface area contributed by atoms with Crippen LogP contribution in [-0.2, 0) is 35.5 Å². The van der Waals surface area contributed by atoms with E-state index in [9.17, 15) is 4.79 Å². The smallest absolute Gasteiger partial charge is 0.309 e. The van der Waals surface area contributed by atoms with E-state index in [2.05, 4.69) is 30.4 Å². The van der Waals surface area contributed by atoms with Crippen molar-refractivity contribution in [2.45, 2.75) is 32.9 Å². The Morgan fingerprint density at radius 3 is 2.48 bits per heavy atom. The minimum atomic E-state index is -0.201. The van der Waals surface area contributed by atoms with Gasteiger partial charge in [-0.05, 0) is 29.7 Å². The summed E-state index contributed by atoms with van der Waals surface area (Å²) in [4.78, 5) is 14.2. The standard InChI is InChI=1S/C17H21NO2S/c1-3-15-8-9-16(21-15)12-18-11-14-7-5-4-6-13(14)10-17(19)20-2/h4-9,18H,3,10-12H2,1-2H3. The SMILES string of the molecule is CCc1ccc(CNCc2ccccc2CC(=O)OC)s1. The molecular weight excluding hydrogens is 282 g/mol. The number of thiophene rings is 1. The van der Waals surface area contributed by atoms with Crippen LogP contribution in [-0.4, -0.2) is 13.1 Å². The normalized spacial score (nSPS) is 10.6. The van der Waals surface area contributed by atoms with Crippen LogP contribution in [0.2, 0.25) is 0 Å². The Bertz CT molecular complexity index is 592. The molecule has 1 aromatic heterocycles. The summed E-state index contributed by atoms with van der Waals surface area (Å²) in [7, 11) is 1.42. The summed E-state index contributed by atoms with van der Waals surface area (Å²) in [5.41, 5.74) is 2.17. The van der Waals surface area contributed by atoms with Crippen LogP contribution in [0.4, 0.5) is 0 Å². The van der Waals surface area contributed by atoms with E-state index in [0.717, 1.165) is 30.6 Å². The number of benzene rings is 1. The van der Waals surface area contributed by atoms with Crippen LogP contribution >= 0.6 is 11.3 Å². The largest absolute Gasteiger partial charge is 0.469 e. The molecule has 2 rings (SSSR count). The molecule has 0 saturated carbocycles. The first-order valence-electron chi connectivity index (χ1n) is 7.14. The Hall–Kier alpha value is -1.65. The first-order chi connectivity index (χ1) is 10.2. The van der Waals surface area contributed by atoms with E-state index in [4.69, 9.17) is 4.74 Å². The fraction of sp³-hybridized carbons (Fsp3) is 0.353. The molecule has 0 spiro atoms. The predicted octanol–water partition coefficient (Wildman–Crippen LogP) is 3.32.